The Morgan fingerprint density at radius 3 is 2.15 bits per heavy atom. The molecule has 3 rings (SSSR count). The van der Waals surface area contributed by atoms with Gasteiger partial charge in [-0.2, -0.15) is 23.5 Å². The summed E-state index contributed by atoms with van der Waals surface area (Å²) in [5, 5.41) is 0. The lowest BCUT2D eigenvalue weighted by Gasteiger charge is -2.43. The van der Waals surface area contributed by atoms with E-state index in [1.807, 2.05) is 40.9 Å². The third kappa shape index (κ3) is 9.82. The molecule has 0 aromatic heterocycles. The second-order valence-electron chi connectivity index (χ2n) is 9.33. The number of Topliss-reactive ketones (excluding diaryl/α,β-unsaturated/α-hetero) is 1. The maximum Gasteiger partial charge on any atom is 0.246 e. The molecule has 1 saturated carbocycles. The Bertz CT molecular complexity index is 713. The fourth-order valence-electron chi connectivity index (χ4n) is 4.28. The van der Waals surface area contributed by atoms with Gasteiger partial charge in [-0.05, 0) is 76.6 Å². The fraction of sp³-hybridized carbons (Fsp3) is 0.704. The molecular formula is C27H47N3O2S2. The number of rotatable bonds is 8. The Balaban J connectivity index is 0.000000872. The van der Waals surface area contributed by atoms with Crippen molar-refractivity contribution in [3.63, 3.8) is 0 Å². The average molecular weight is 510 g/mol. The molecule has 0 aromatic rings. The van der Waals surface area contributed by atoms with Gasteiger partial charge in [0.05, 0.1) is 12.2 Å². The van der Waals surface area contributed by atoms with Gasteiger partial charge in [0.15, 0.2) is 5.78 Å². The maximum atomic E-state index is 12.8. The summed E-state index contributed by atoms with van der Waals surface area (Å²) in [5.74, 6) is 0.848. The monoisotopic (exact) mass is 509 g/mol. The van der Waals surface area contributed by atoms with Crippen molar-refractivity contribution in [3.05, 3.63) is 36.2 Å². The number of carbonyl (C=O) groups excluding carboxylic acids is 2. The number of thioether (sulfide) groups is 2. The van der Waals surface area contributed by atoms with Crippen molar-refractivity contribution in [1.82, 2.24) is 14.7 Å². The van der Waals surface area contributed by atoms with Gasteiger partial charge in [0.1, 0.15) is 0 Å². The van der Waals surface area contributed by atoms with Crippen molar-refractivity contribution < 1.29 is 9.59 Å². The summed E-state index contributed by atoms with van der Waals surface area (Å²) >= 11 is 3.50. The number of likely N-dealkylation sites (tertiary alicyclic amines) is 1. The molecule has 0 spiro atoms. The Morgan fingerprint density at radius 2 is 1.74 bits per heavy atom. The van der Waals surface area contributed by atoms with Crippen LogP contribution in [-0.4, -0.2) is 89.7 Å². The van der Waals surface area contributed by atoms with Crippen molar-refractivity contribution in [2.75, 3.05) is 51.2 Å². The van der Waals surface area contributed by atoms with Gasteiger partial charge in [-0.25, -0.2) is 0 Å². The van der Waals surface area contributed by atoms with Gasteiger partial charge in [0, 0.05) is 37.3 Å². The van der Waals surface area contributed by atoms with Crippen LogP contribution in [0.15, 0.2) is 36.2 Å². The highest BCUT2D eigenvalue weighted by Gasteiger charge is 2.36. The van der Waals surface area contributed by atoms with Gasteiger partial charge in [0.2, 0.25) is 5.91 Å². The number of allylic oxidation sites excluding steroid dienone is 2. The molecule has 0 bridgehead atoms. The highest BCUT2D eigenvalue weighted by atomic mass is 32.2. The zero-order chi connectivity index (χ0) is 25.7. The number of amides is 1. The first-order chi connectivity index (χ1) is 16.2. The number of nitrogens with zero attached hydrogens (tertiary/aromatic N) is 3. The number of hydrogen-bond acceptors (Lipinski definition) is 6. The zero-order valence-electron chi connectivity index (χ0n) is 22.5. The Hall–Kier alpha value is -1.18. The Kier molecular flexibility index (Phi) is 15.0. The fourth-order valence-corrected chi connectivity index (χ4v) is 4.28. The van der Waals surface area contributed by atoms with Crippen LogP contribution in [0.3, 0.4) is 0 Å². The van der Waals surface area contributed by atoms with Crippen LogP contribution >= 0.6 is 23.5 Å². The van der Waals surface area contributed by atoms with Crippen LogP contribution in [0.2, 0.25) is 0 Å². The largest absolute Gasteiger partial charge is 0.337 e. The van der Waals surface area contributed by atoms with Gasteiger partial charge in [-0.15, -0.1) is 0 Å². The third-order valence-corrected chi connectivity index (χ3v) is 6.05. The van der Waals surface area contributed by atoms with E-state index in [-0.39, 0.29) is 17.7 Å². The van der Waals surface area contributed by atoms with E-state index in [2.05, 4.69) is 31.4 Å². The first-order valence-corrected chi connectivity index (χ1v) is 15.7. The molecular weight excluding hydrogens is 462 g/mol. The van der Waals surface area contributed by atoms with Crippen LogP contribution in [-0.2, 0) is 9.59 Å². The van der Waals surface area contributed by atoms with Crippen LogP contribution in [0.25, 0.3) is 0 Å². The molecule has 2 atom stereocenters. The summed E-state index contributed by atoms with van der Waals surface area (Å²) < 4.78 is 0. The molecule has 1 aliphatic carbocycles. The van der Waals surface area contributed by atoms with E-state index in [4.69, 9.17) is 0 Å². The molecule has 1 amide bonds. The minimum atomic E-state index is 0.0419. The topological polar surface area (TPSA) is 43.9 Å². The summed E-state index contributed by atoms with van der Waals surface area (Å²) in [4.78, 5) is 31.4. The van der Waals surface area contributed by atoms with Crippen LogP contribution < -0.4 is 0 Å². The summed E-state index contributed by atoms with van der Waals surface area (Å²) in [5.41, 5.74) is 1.54. The molecule has 0 aromatic carbocycles. The predicted octanol–water partition coefficient (Wildman–Crippen LogP) is 5.30. The number of carbonyl (C=O) groups is 2. The van der Waals surface area contributed by atoms with Gasteiger partial charge in [0.25, 0.3) is 0 Å². The molecule has 194 valence electrons. The normalized spacial score (nSPS) is 21.8. The molecule has 7 heteroatoms. The maximum absolute atomic E-state index is 12.8. The first kappa shape index (κ1) is 30.9. The second-order valence-corrected chi connectivity index (χ2v) is 11.0. The first-order valence-electron chi connectivity index (χ1n) is 12.4. The molecule has 2 heterocycles. The van der Waals surface area contributed by atoms with Crippen molar-refractivity contribution >= 4 is 35.2 Å². The van der Waals surface area contributed by atoms with Gasteiger partial charge < -0.3 is 9.80 Å². The van der Waals surface area contributed by atoms with Crippen molar-refractivity contribution in [2.24, 2.45) is 5.92 Å². The average Bonchev–Trinajstić information content (AvgIpc) is 3.57. The lowest BCUT2D eigenvalue weighted by atomic mass is 10.0. The summed E-state index contributed by atoms with van der Waals surface area (Å²) in [6.07, 6.45) is 19.8. The molecule has 3 aliphatic rings. The van der Waals surface area contributed by atoms with E-state index >= 15 is 0 Å². The number of ketones is 1. The van der Waals surface area contributed by atoms with E-state index < -0.39 is 0 Å². The van der Waals surface area contributed by atoms with Crippen molar-refractivity contribution in [2.45, 2.75) is 65.0 Å². The Morgan fingerprint density at radius 1 is 1.15 bits per heavy atom. The molecule has 2 saturated heterocycles. The molecule has 1 unspecified atom stereocenters. The van der Waals surface area contributed by atoms with E-state index in [9.17, 15) is 9.59 Å². The molecule has 5 nitrogen and oxygen atoms in total. The second kappa shape index (κ2) is 16.5. The highest BCUT2D eigenvalue weighted by molar-refractivity contribution is 7.98. The predicted molar refractivity (Wildman–Crippen MR) is 151 cm³/mol. The third-order valence-electron chi connectivity index (χ3n) is 6.05. The molecule has 2 aliphatic heterocycles. The number of hydrogen-bond donors (Lipinski definition) is 0. The SMILES string of the molecule is C=C1CN(C(=O)/C=C/C(C2CC2)N2CCC2)C[C@H](C)N1/C(=C\CCC)C(C)=O.CSC.CSC. The van der Waals surface area contributed by atoms with E-state index in [1.165, 1.54) is 19.3 Å². The standard InChI is InChI=1S/C23H35N3O2.2C2H6S/c1-5-6-8-21(19(4)27)26-17(2)15-25(16-18(26)3)23(28)12-11-22(20-9-10-20)24-13-7-14-24;2*1-3-2/h8,11-12,18,20,22H,2,5-7,9-10,13-16H2,1,3-4H3;2*1-2H3/b12-11+,21-8-;;/t18-,22?;;/m0../s1. The summed E-state index contributed by atoms with van der Waals surface area (Å²) in [6.45, 7) is 13.3. The quantitative estimate of drug-likeness (QED) is 0.414. The molecule has 34 heavy (non-hydrogen) atoms. The van der Waals surface area contributed by atoms with Gasteiger partial charge >= 0.3 is 0 Å². The highest BCUT2D eigenvalue weighted by Crippen LogP contribution is 2.37. The molecule has 0 N–H and O–H groups in total. The van der Waals surface area contributed by atoms with Crippen LogP contribution in [0.1, 0.15) is 52.9 Å². The van der Waals surface area contributed by atoms with Crippen LogP contribution in [0.4, 0.5) is 0 Å². The van der Waals surface area contributed by atoms with Crippen molar-refractivity contribution in [3.8, 4) is 0 Å². The van der Waals surface area contributed by atoms with E-state index in [1.54, 1.807) is 36.5 Å². The van der Waals surface area contributed by atoms with E-state index in [0.29, 0.717) is 24.8 Å². The summed E-state index contributed by atoms with van der Waals surface area (Å²) in [6, 6.07) is 0.473. The zero-order valence-corrected chi connectivity index (χ0v) is 24.1. The minimum Gasteiger partial charge on any atom is -0.337 e. The molecule has 0 radical (unpaired) electrons. The minimum absolute atomic E-state index is 0.0419. The van der Waals surface area contributed by atoms with E-state index in [0.717, 1.165) is 37.5 Å². The number of unbranched alkanes of at least 4 members (excludes halogenated alkanes) is 1. The molecule has 3 fully saturated rings. The van der Waals surface area contributed by atoms with Crippen LogP contribution in [0.5, 0.6) is 0 Å². The van der Waals surface area contributed by atoms with Gasteiger partial charge in [-0.1, -0.05) is 32.1 Å². The van der Waals surface area contributed by atoms with Crippen LogP contribution in [0, 0.1) is 5.92 Å². The smallest absolute Gasteiger partial charge is 0.246 e. The van der Waals surface area contributed by atoms with Crippen molar-refractivity contribution in [1.29, 1.82) is 0 Å². The van der Waals surface area contributed by atoms with Gasteiger partial charge in [-0.3, -0.25) is 14.5 Å². The number of piperazine rings is 1. The Labute approximate surface area is 217 Å². The lowest BCUT2D eigenvalue weighted by molar-refractivity contribution is -0.127. The lowest BCUT2D eigenvalue weighted by Crippen LogP contribution is -2.52. The summed E-state index contributed by atoms with van der Waals surface area (Å²) in [7, 11) is 0.